The van der Waals surface area contributed by atoms with Crippen molar-refractivity contribution in [1.29, 1.82) is 0 Å². The topological polar surface area (TPSA) is 0 Å². The average molecular weight is 349 g/mol. The van der Waals surface area contributed by atoms with Crippen LogP contribution in [0.4, 0.5) is 0 Å². The molecule has 2 heteroatoms. The van der Waals surface area contributed by atoms with Gasteiger partial charge in [-0.3, -0.25) is 0 Å². The van der Waals surface area contributed by atoms with E-state index < -0.39 is 0 Å². The molecule has 0 unspecified atom stereocenters. The maximum atomic E-state index is 2.46. The molecule has 74 valence electrons. The molecule has 1 aromatic carbocycles. The molecule has 1 aromatic rings. The van der Waals surface area contributed by atoms with Gasteiger partial charge < -0.3 is 6.42 Å². The van der Waals surface area contributed by atoms with Gasteiger partial charge in [-0.1, -0.05) is 30.2 Å². The van der Waals surface area contributed by atoms with E-state index in [1.165, 1.54) is 25.7 Å². The van der Waals surface area contributed by atoms with Gasteiger partial charge in [0.2, 0.25) is 0 Å². The first kappa shape index (κ1) is 14.5. The van der Waals surface area contributed by atoms with Crippen molar-refractivity contribution in [2.24, 2.45) is 5.92 Å². The van der Waals surface area contributed by atoms with E-state index in [1.807, 2.05) is 0 Å². The molecule has 0 atom stereocenters. The first-order valence-electron chi connectivity index (χ1n) is 5.28. The molecule has 2 aliphatic rings. The summed E-state index contributed by atoms with van der Waals surface area (Å²) in [7, 11) is 0. The van der Waals surface area contributed by atoms with Crippen LogP contribution in [0, 0.1) is 12.3 Å². The number of benzene rings is 1. The van der Waals surface area contributed by atoms with E-state index in [2.05, 4.69) is 25.5 Å². The third kappa shape index (κ3) is 2.82. The normalized spacial score (nSPS) is 17.7. The van der Waals surface area contributed by atoms with Gasteiger partial charge in [-0.15, -0.1) is 0 Å². The van der Waals surface area contributed by atoms with Crippen LogP contribution in [0.3, 0.4) is 0 Å². The predicted octanol–water partition coefficient (Wildman–Crippen LogP) is 2.72. The fraction of sp³-hybridized carbons (Fsp3) is 0.462. The zero-order valence-corrected chi connectivity index (χ0v) is 15.0. The molecule has 0 bridgehead atoms. The smallest absolute Gasteiger partial charge is 0 e. The van der Waals surface area contributed by atoms with Crippen molar-refractivity contribution in [1.82, 2.24) is 0 Å². The van der Waals surface area contributed by atoms with E-state index in [1.54, 1.807) is 22.3 Å². The molecule has 0 saturated carbocycles. The van der Waals surface area contributed by atoms with Crippen molar-refractivity contribution in [2.45, 2.75) is 32.6 Å². The van der Waals surface area contributed by atoms with Gasteiger partial charge in [0, 0.05) is 65.4 Å². The minimum Gasteiger partial charge on any atom is -0.320 e. The SMILES string of the molecule is CC1Cc2cc3c(cc2C1)C[CH-]C3.[Y].[Y]. The van der Waals surface area contributed by atoms with Gasteiger partial charge in [0.1, 0.15) is 0 Å². The summed E-state index contributed by atoms with van der Waals surface area (Å²) in [6.45, 7) is 2.36. The summed E-state index contributed by atoms with van der Waals surface area (Å²) < 4.78 is 0. The van der Waals surface area contributed by atoms with Crippen LogP contribution >= 0.6 is 0 Å². The van der Waals surface area contributed by atoms with Gasteiger partial charge in [-0.2, -0.15) is 12.8 Å². The van der Waals surface area contributed by atoms with E-state index in [-0.39, 0.29) is 65.4 Å². The molecule has 0 aliphatic heterocycles. The second-order valence-corrected chi connectivity index (χ2v) is 4.60. The van der Waals surface area contributed by atoms with Crippen molar-refractivity contribution in [2.75, 3.05) is 0 Å². The van der Waals surface area contributed by atoms with Crippen LogP contribution in [0.25, 0.3) is 0 Å². The minimum absolute atomic E-state index is 0. The average Bonchev–Trinajstić information content (AvgIpc) is 2.63. The molecular formula is C13H15Y2-. The van der Waals surface area contributed by atoms with E-state index in [0.29, 0.717) is 0 Å². The fourth-order valence-electron chi connectivity index (χ4n) is 2.76. The summed E-state index contributed by atoms with van der Waals surface area (Å²) in [6, 6.07) is 4.91. The van der Waals surface area contributed by atoms with E-state index >= 15 is 0 Å². The Morgan fingerprint density at radius 2 is 1.40 bits per heavy atom. The van der Waals surface area contributed by atoms with Gasteiger partial charge in [-0.05, 0) is 29.9 Å². The Bertz CT molecular complexity index is 325. The Labute approximate surface area is 143 Å². The predicted molar refractivity (Wildman–Crippen MR) is 54.7 cm³/mol. The first-order chi connectivity index (χ1) is 6.33. The third-order valence-electron chi connectivity index (χ3n) is 3.39. The minimum atomic E-state index is 0. The summed E-state index contributed by atoms with van der Waals surface area (Å²) in [4.78, 5) is 0. The Kier molecular flexibility index (Phi) is 5.65. The second-order valence-electron chi connectivity index (χ2n) is 4.60. The van der Waals surface area contributed by atoms with Crippen LogP contribution in [0.5, 0.6) is 0 Å². The van der Waals surface area contributed by atoms with Crippen LogP contribution in [0.2, 0.25) is 0 Å². The van der Waals surface area contributed by atoms with Gasteiger partial charge in [0.25, 0.3) is 0 Å². The molecule has 0 amide bonds. The number of fused-ring (bicyclic) bond motifs is 2. The zero-order valence-electron chi connectivity index (χ0n) is 9.29. The van der Waals surface area contributed by atoms with Gasteiger partial charge in [0.05, 0.1) is 0 Å². The van der Waals surface area contributed by atoms with Crippen LogP contribution in [0.1, 0.15) is 29.2 Å². The molecule has 0 saturated heterocycles. The van der Waals surface area contributed by atoms with E-state index in [9.17, 15) is 0 Å². The maximum Gasteiger partial charge on any atom is 0 e. The molecule has 2 radical (unpaired) electrons. The van der Waals surface area contributed by atoms with Gasteiger partial charge in [-0.25, -0.2) is 0 Å². The first-order valence-corrected chi connectivity index (χ1v) is 5.28. The molecule has 0 nitrogen and oxygen atoms in total. The van der Waals surface area contributed by atoms with Gasteiger partial charge in [0.15, 0.2) is 0 Å². The second kappa shape index (κ2) is 5.85. The Balaban J connectivity index is 0.000000562. The molecule has 0 aromatic heterocycles. The van der Waals surface area contributed by atoms with Crippen molar-refractivity contribution >= 4 is 0 Å². The number of hydrogen-bond acceptors (Lipinski definition) is 0. The number of hydrogen-bond donors (Lipinski definition) is 0. The maximum absolute atomic E-state index is 2.46. The summed E-state index contributed by atoms with van der Waals surface area (Å²) in [5, 5.41) is 0. The van der Waals surface area contributed by atoms with Crippen LogP contribution in [0.15, 0.2) is 12.1 Å². The standard InChI is InChI=1S/C13H15.2Y/c1-9-5-12-7-10-3-2-4-11(10)8-13(12)6-9;;/h2,7-9H,3-6H2,1H3;;/q-1;;. The Morgan fingerprint density at radius 3 is 1.87 bits per heavy atom. The summed E-state index contributed by atoms with van der Waals surface area (Å²) in [6.07, 6.45) is 7.42. The van der Waals surface area contributed by atoms with Crippen molar-refractivity contribution in [3.63, 3.8) is 0 Å². The monoisotopic (exact) mass is 349 g/mol. The number of rotatable bonds is 0. The molecular weight excluding hydrogens is 334 g/mol. The fourth-order valence-corrected chi connectivity index (χ4v) is 2.76. The van der Waals surface area contributed by atoms with E-state index in [4.69, 9.17) is 0 Å². The van der Waals surface area contributed by atoms with Crippen LogP contribution in [-0.4, -0.2) is 0 Å². The zero-order chi connectivity index (χ0) is 8.84. The van der Waals surface area contributed by atoms with E-state index in [0.717, 1.165) is 5.92 Å². The Hall–Kier alpha value is 1.43. The van der Waals surface area contributed by atoms with Crippen molar-refractivity contribution < 1.29 is 65.4 Å². The van der Waals surface area contributed by atoms with Crippen molar-refractivity contribution in [3.8, 4) is 0 Å². The molecule has 0 spiro atoms. The summed E-state index contributed by atoms with van der Waals surface area (Å²) in [5.41, 5.74) is 6.43. The molecule has 3 rings (SSSR count). The van der Waals surface area contributed by atoms with Crippen LogP contribution in [-0.2, 0) is 91.1 Å². The van der Waals surface area contributed by atoms with Crippen LogP contribution < -0.4 is 0 Å². The van der Waals surface area contributed by atoms with Crippen molar-refractivity contribution in [3.05, 3.63) is 40.8 Å². The molecule has 0 N–H and O–H groups in total. The largest absolute Gasteiger partial charge is 0.320 e. The molecule has 2 aliphatic carbocycles. The Morgan fingerprint density at radius 1 is 0.933 bits per heavy atom. The van der Waals surface area contributed by atoms with Gasteiger partial charge >= 0.3 is 0 Å². The summed E-state index contributed by atoms with van der Waals surface area (Å²) in [5.74, 6) is 0.876. The molecule has 15 heavy (non-hydrogen) atoms. The molecule has 0 fully saturated rings. The summed E-state index contributed by atoms with van der Waals surface area (Å²) >= 11 is 0. The quantitative estimate of drug-likeness (QED) is 0.632. The third-order valence-corrected chi connectivity index (χ3v) is 3.39. The molecule has 0 heterocycles.